The van der Waals surface area contributed by atoms with Gasteiger partial charge in [-0.05, 0) is 30.4 Å². The van der Waals surface area contributed by atoms with Crippen molar-refractivity contribution in [1.82, 2.24) is 15.1 Å². The minimum Gasteiger partial charge on any atom is -0.480 e. The minimum atomic E-state index is -1.15. The maximum absolute atomic E-state index is 12.8. The highest BCUT2D eigenvalue weighted by Crippen LogP contribution is 2.33. The number of imide groups is 1. The van der Waals surface area contributed by atoms with Gasteiger partial charge in [-0.25, -0.2) is 14.5 Å². The predicted molar refractivity (Wildman–Crippen MR) is 98.3 cm³/mol. The van der Waals surface area contributed by atoms with Crippen LogP contribution in [0.4, 0.5) is 4.79 Å². The number of rotatable bonds is 6. The maximum Gasteiger partial charge on any atom is 0.327 e. The molecule has 1 aromatic carbocycles. The van der Waals surface area contributed by atoms with Crippen LogP contribution in [0.15, 0.2) is 36.7 Å². The van der Waals surface area contributed by atoms with E-state index in [1.165, 1.54) is 5.56 Å². The smallest absolute Gasteiger partial charge is 0.327 e. The molecule has 0 radical (unpaired) electrons. The summed E-state index contributed by atoms with van der Waals surface area (Å²) in [5.74, 6) is -1.93. The van der Waals surface area contributed by atoms with E-state index in [4.69, 9.17) is 5.73 Å². The van der Waals surface area contributed by atoms with Gasteiger partial charge in [0.1, 0.15) is 0 Å². The van der Waals surface area contributed by atoms with E-state index in [9.17, 15) is 19.5 Å². The van der Waals surface area contributed by atoms with Gasteiger partial charge in [-0.2, -0.15) is 0 Å². The Balaban J connectivity index is 1.64. The molecule has 1 aromatic rings. The molecule has 3 amide bonds. The van der Waals surface area contributed by atoms with Crippen molar-refractivity contribution in [3.8, 4) is 0 Å². The first-order valence-electron chi connectivity index (χ1n) is 9.00. The highest BCUT2D eigenvalue weighted by Gasteiger charge is 2.55. The average molecular weight is 372 g/mol. The van der Waals surface area contributed by atoms with E-state index in [1.54, 1.807) is 4.90 Å². The van der Waals surface area contributed by atoms with Crippen LogP contribution < -0.4 is 11.1 Å². The number of hydrogen-bond donors (Lipinski definition) is 3. The van der Waals surface area contributed by atoms with Crippen LogP contribution in [0.2, 0.25) is 0 Å². The third-order valence-corrected chi connectivity index (χ3v) is 5.12. The lowest BCUT2D eigenvalue weighted by Gasteiger charge is -2.45. The second-order valence-electron chi connectivity index (χ2n) is 6.91. The molecule has 1 unspecified atom stereocenters. The fourth-order valence-corrected chi connectivity index (χ4v) is 3.71. The molecular formula is C19H24N4O4. The van der Waals surface area contributed by atoms with Crippen LogP contribution in [0.25, 0.3) is 0 Å². The SMILES string of the molecule is C=C(N)NCCC[C@H]1C(=O)N(C(=O)N2CCc3ccccc3C2)C1C(=O)O. The zero-order valence-corrected chi connectivity index (χ0v) is 15.1. The number of hydrogen-bond acceptors (Lipinski definition) is 5. The number of β-lactam (4-membered cyclic amide) rings is 1. The number of aliphatic carboxylic acids is 1. The number of benzene rings is 1. The average Bonchev–Trinajstić information content (AvgIpc) is 2.64. The second-order valence-corrected chi connectivity index (χ2v) is 6.91. The van der Waals surface area contributed by atoms with E-state index in [2.05, 4.69) is 11.9 Å². The maximum atomic E-state index is 12.8. The Morgan fingerprint density at radius 3 is 2.67 bits per heavy atom. The summed E-state index contributed by atoms with van der Waals surface area (Å²) in [6, 6.07) is 6.20. The Bertz CT molecular complexity index is 779. The first kappa shape index (κ1) is 18.8. The van der Waals surface area contributed by atoms with Gasteiger partial charge in [0, 0.05) is 19.6 Å². The Hall–Kier alpha value is -3.03. The molecule has 2 aliphatic heterocycles. The molecule has 0 spiro atoms. The summed E-state index contributed by atoms with van der Waals surface area (Å²) in [5.41, 5.74) is 7.62. The first-order chi connectivity index (χ1) is 12.9. The van der Waals surface area contributed by atoms with Gasteiger partial charge in [-0.3, -0.25) is 4.79 Å². The molecule has 0 aromatic heterocycles. The number of carboxylic acids is 1. The van der Waals surface area contributed by atoms with E-state index in [0.717, 1.165) is 10.5 Å². The van der Waals surface area contributed by atoms with Crippen LogP contribution in [-0.2, 0) is 22.6 Å². The lowest BCUT2D eigenvalue weighted by atomic mass is 9.83. The molecule has 0 bridgehead atoms. The van der Waals surface area contributed by atoms with Gasteiger partial charge < -0.3 is 21.1 Å². The zero-order chi connectivity index (χ0) is 19.6. The van der Waals surface area contributed by atoms with Crippen LogP contribution in [0.3, 0.4) is 0 Å². The molecule has 8 heteroatoms. The number of nitrogens with one attached hydrogen (secondary N) is 1. The number of carbonyl (C=O) groups excluding carboxylic acids is 2. The summed E-state index contributed by atoms with van der Waals surface area (Å²) >= 11 is 0. The van der Waals surface area contributed by atoms with Crippen molar-refractivity contribution in [3.63, 3.8) is 0 Å². The number of urea groups is 1. The number of likely N-dealkylation sites (tertiary alicyclic amines) is 1. The summed E-state index contributed by atoms with van der Waals surface area (Å²) in [4.78, 5) is 39.4. The molecule has 2 atom stereocenters. The van der Waals surface area contributed by atoms with Gasteiger partial charge in [0.2, 0.25) is 5.91 Å². The van der Waals surface area contributed by atoms with Crippen LogP contribution >= 0.6 is 0 Å². The lowest BCUT2D eigenvalue weighted by Crippen LogP contribution is -2.68. The number of amides is 3. The number of nitrogens with zero attached hydrogens (tertiary/aromatic N) is 2. The molecule has 2 heterocycles. The molecular weight excluding hydrogens is 348 g/mol. The molecule has 8 nitrogen and oxygen atoms in total. The van der Waals surface area contributed by atoms with E-state index in [-0.39, 0.29) is 0 Å². The molecule has 144 valence electrons. The Morgan fingerprint density at radius 1 is 1.30 bits per heavy atom. The standard InChI is InChI=1S/C19H24N4O4/c1-12(20)21-9-4-7-15-16(18(25)26)23(17(15)24)19(27)22-10-8-13-5-2-3-6-14(13)11-22/h2-3,5-6,15-16,21H,1,4,7-11,20H2,(H,25,26)/t15-,16?/m1/s1. The van der Waals surface area contributed by atoms with E-state index in [0.29, 0.717) is 44.7 Å². The predicted octanol–water partition coefficient (Wildman–Crippen LogP) is 0.876. The van der Waals surface area contributed by atoms with Crippen LogP contribution in [0, 0.1) is 5.92 Å². The number of nitrogens with two attached hydrogens (primary N) is 1. The van der Waals surface area contributed by atoms with Crippen LogP contribution in [0.1, 0.15) is 24.0 Å². The van der Waals surface area contributed by atoms with Crippen molar-refractivity contribution in [2.24, 2.45) is 11.7 Å². The number of fused-ring (bicyclic) bond motifs is 1. The molecule has 1 fully saturated rings. The highest BCUT2D eigenvalue weighted by atomic mass is 16.4. The van der Waals surface area contributed by atoms with Gasteiger partial charge in [-0.15, -0.1) is 0 Å². The van der Waals surface area contributed by atoms with Gasteiger partial charge in [-0.1, -0.05) is 30.8 Å². The van der Waals surface area contributed by atoms with Crippen molar-refractivity contribution in [2.75, 3.05) is 13.1 Å². The monoisotopic (exact) mass is 372 g/mol. The van der Waals surface area contributed by atoms with E-state index >= 15 is 0 Å². The molecule has 3 rings (SSSR count). The molecule has 27 heavy (non-hydrogen) atoms. The zero-order valence-electron chi connectivity index (χ0n) is 15.1. The van der Waals surface area contributed by atoms with Crippen molar-refractivity contribution in [3.05, 3.63) is 47.8 Å². The minimum absolute atomic E-state index is 0.326. The quantitative estimate of drug-likeness (QED) is 0.504. The van der Waals surface area contributed by atoms with Crippen LogP contribution in [-0.4, -0.2) is 51.9 Å². The van der Waals surface area contributed by atoms with Gasteiger partial charge in [0.05, 0.1) is 11.7 Å². The summed E-state index contributed by atoms with van der Waals surface area (Å²) in [5, 5.41) is 12.4. The topological polar surface area (TPSA) is 116 Å². The van der Waals surface area contributed by atoms with Gasteiger partial charge in [0.25, 0.3) is 0 Å². The largest absolute Gasteiger partial charge is 0.480 e. The third-order valence-electron chi connectivity index (χ3n) is 5.12. The Morgan fingerprint density at radius 2 is 2.00 bits per heavy atom. The summed E-state index contributed by atoms with van der Waals surface area (Å²) in [6.45, 7) is 4.88. The fraction of sp³-hybridized carbons (Fsp3) is 0.421. The number of carbonyl (C=O) groups is 3. The van der Waals surface area contributed by atoms with Crippen molar-refractivity contribution in [1.29, 1.82) is 0 Å². The van der Waals surface area contributed by atoms with Crippen LogP contribution in [0.5, 0.6) is 0 Å². The van der Waals surface area contributed by atoms with Crippen molar-refractivity contribution >= 4 is 17.9 Å². The molecule has 2 aliphatic rings. The second kappa shape index (κ2) is 7.69. The summed E-state index contributed by atoms with van der Waals surface area (Å²) in [6.07, 6.45) is 1.64. The third kappa shape index (κ3) is 3.74. The normalized spacial score (nSPS) is 21.3. The van der Waals surface area contributed by atoms with Gasteiger partial charge >= 0.3 is 12.0 Å². The molecule has 0 aliphatic carbocycles. The summed E-state index contributed by atoms with van der Waals surface area (Å²) in [7, 11) is 0. The van der Waals surface area contributed by atoms with E-state index < -0.39 is 29.9 Å². The highest BCUT2D eigenvalue weighted by molar-refractivity contribution is 6.07. The summed E-state index contributed by atoms with van der Waals surface area (Å²) < 4.78 is 0. The Kier molecular flexibility index (Phi) is 5.34. The fourth-order valence-electron chi connectivity index (χ4n) is 3.71. The lowest BCUT2D eigenvalue weighted by molar-refractivity contribution is -0.167. The molecule has 1 saturated heterocycles. The van der Waals surface area contributed by atoms with Crippen molar-refractivity contribution in [2.45, 2.75) is 31.8 Å². The van der Waals surface area contributed by atoms with Crippen molar-refractivity contribution < 1.29 is 19.5 Å². The Labute approximate surface area is 157 Å². The van der Waals surface area contributed by atoms with E-state index in [1.807, 2.05) is 24.3 Å². The molecule has 4 N–H and O–H groups in total. The molecule has 0 saturated carbocycles. The van der Waals surface area contributed by atoms with Gasteiger partial charge in [0.15, 0.2) is 6.04 Å². The first-order valence-corrected chi connectivity index (χ1v) is 9.00. The number of carboxylic acid groups (broad SMARTS) is 1.